The van der Waals surface area contributed by atoms with Gasteiger partial charge in [-0.2, -0.15) is 0 Å². The standard InChI is InChI=1S/C30H33N7O3S/c1-36-18-16-24(17-19-36)41(39,40)33-27-15-14-23-6-2-5-9-28(23)37(30(27)38)20-21-10-12-22(13-11-21)25-7-3-4-8-26(25)29-31-34-35-32-29/h2-13,24,27,33H,14-20H2,1H3,(H,31,32,34,35). The highest BCUT2D eigenvalue weighted by Gasteiger charge is 2.36. The summed E-state index contributed by atoms with van der Waals surface area (Å²) in [7, 11) is -1.64. The summed E-state index contributed by atoms with van der Waals surface area (Å²) in [5.74, 6) is 0.365. The van der Waals surface area contributed by atoms with E-state index in [1.807, 2.05) is 79.8 Å². The molecule has 41 heavy (non-hydrogen) atoms. The zero-order valence-electron chi connectivity index (χ0n) is 22.9. The van der Waals surface area contributed by atoms with Crippen molar-refractivity contribution in [3.63, 3.8) is 0 Å². The number of carbonyl (C=O) groups is 1. The fraction of sp³-hybridized carbons (Fsp3) is 0.333. The van der Waals surface area contributed by atoms with E-state index in [4.69, 9.17) is 0 Å². The molecule has 0 saturated carbocycles. The van der Waals surface area contributed by atoms with Crippen LogP contribution in [0.15, 0.2) is 72.8 Å². The van der Waals surface area contributed by atoms with Gasteiger partial charge in [0, 0.05) is 11.3 Å². The summed E-state index contributed by atoms with van der Waals surface area (Å²) in [6.07, 6.45) is 2.17. The predicted molar refractivity (Wildman–Crippen MR) is 157 cm³/mol. The number of amides is 1. The van der Waals surface area contributed by atoms with Gasteiger partial charge in [-0.1, -0.05) is 66.7 Å². The second-order valence-electron chi connectivity index (χ2n) is 10.8. The molecule has 1 saturated heterocycles. The van der Waals surface area contributed by atoms with E-state index in [1.165, 1.54) is 0 Å². The Labute approximate surface area is 239 Å². The van der Waals surface area contributed by atoms with Crippen LogP contribution in [-0.2, 0) is 27.8 Å². The number of aromatic amines is 1. The summed E-state index contributed by atoms with van der Waals surface area (Å²) in [6.45, 7) is 1.80. The lowest BCUT2D eigenvalue weighted by Crippen LogP contribution is -2.51. The molecule has 3 aromatic carbocycles. The Hall–Kier alpha value is -3.93. The smallest absolute Gasteiger partial charge is 0.245 e. The van der Waals surface area contributed by atoms with Crippen LogP contribution in [0, 0.1) is 0 Å². The van der Waals surface area contributed by atoms with E-state index in [1.54, 1.807) is 4.90 Å². The summed E-state index contributed by atoms with van der Waals surface area (Å²) < 4.78 is 29.5. The number of benzene rings is 3. The minimum absolute atomic E-state index is 0.223. The van der Waals surface area contributed by atoms with Crippen molar-refractivity contribution in [1.29, 1.82) is 0 Å². The molecule has 1 fully saturated rings. The number of aromatic nitrogens is 4. The highest BCUT2D eigenvalue weighted by molar-refractivity contribution is 7.90. The normalized spacial score (nSPS) is 18.7. The number of likely N-dealkylation sites (tertiary alicyclic amines) is 1. The maximum Gasteiger partial charge on any atom is 0.245 e. The molecular weight excluding hydrogens is 538 g/mol. The van der Waals surface area contributed by atoms with Crippen LogP contribution in [0.1, 0.15) is 30.4 Å². The number of fused-ring (bicyclic) bond motifs is 1. The lowest BCUT2D eigenvalue weighted by Gasteiger charge is -2.31. The number of hydrogen-bond donors (Lipinski definition) is 2. The number of tetrazole rings is 1. The van der Waals surface area contributed by atoms with Gasteiger partial charge in [0.25, 0.3) is 0 Å². The van der Waals surface area contributed by atoms with Crippen LogP contribution in [-0.4, -0.2) is 71.3 Å². The van der Waals surface area contributed by atoms with E-state index in [0.717, 1.165) is 46.6 Å². The number of hydrogen-bond acceptors (Lipinski definition) is 7. The van der Waals surface area contributed by atoms with Crippen LogP contribution in [0.3, 0.4) is 0 Å². The Morgan fingerprint density at radius 2 is 1.63 bits per heavy atom. The number of aryl methyl sites for hydroxylation is 1. The Morgan fingerprint density at radius 3 is 2.37 bits per heavy atom. The maximum atomic E-state index is 14.0. The van der Waals surface area contributed by atoms with Crippen molar-refractivity contribution in [3.05, 3.63) is 83.9 Å². The highest BCUT2D eigenvalue weighted by Crippen LogP contribution is 2.32. The third kappa shape index (κ3) is 5.79. The molecule has 10 nitrogen and oxygen atoms in total. The van der Waals surface area contributed by atoms with Crippen LogP contribution >= 0.6 is 0 Å². The third-order valence-corrected chi connectivity index (χ3v) is 10.1. The van der Waals surface area contributed by atoms with E-state index in [0.29, 0.717) is 38.1 Å². The molecular formula is C30H33N7O3S. The molecule has 2 aliphatic rings. The average molecular weight is 572 g/mol. The minimum Gasteiger partial charge on any atom is -0.306 e. The number of H-pyrrole nitrogens is 1. The molecule has 1 aromatic heterocycles. The molecule has 2 aliphatic heterocycles. The van der Waals surface area contributed by atoms with Crippen LogP contribution < -0.4 is 9.62 Å². The monoisotopic (exact) mass is 571 g/mol. The minimum atomic E-state index is -3.64. The first kappa shape index (κ1) is 27.3. The highest BCUT2D eigenvalue weighted by atomic mass is 32.2. The van der Waals surface area contributed by atoms with Crippen molar-refractivity contribution >= 4 is 21.6 Å². The summed E-state index contributed by atoms with van der Waals surface area (Å²) in [5.41, 5.74) is 5.67. The fourth-order valence-corrected chi connectivity index (χ4v) is 7.40. The molecule has 1 atom stereocenters. The van der Waals surface area contributed by atoms with E-state index >= 15 is 0 Å². The number of rotatable bonds is 7. The van der Waals surface area contributed by atoms with E-state index in [9.17, 15) is 13.2 Å². The summed E-state index contributed by atoms with van der Waals surface area (Å²) in [5, 5.41) is 13.8. The molecule has 3 heterocycles. The van der Waals surface area contributed by atoms with Gasteiger partial charge in [0.15, 0.2) is 5.82 Å². The van der Waals surface area contributed by atoms with E-state index in [2.05, 4.69) is 30.2 Å². The lowest BCUT2D eigenvalue weighted by atomic mass is 9.98. The molecule has 1 amide bonds. The molecule has 0 aliphatic carbocycles. The number of anilines is 1. The number of sulfonamides is 1. The SMILES string of the molecule is CN1CCC(S(=O)(=O)NC2CCc3ccccc3N(Cc3ccc(-c4ccccc4-c4nnn[nH]4)cc3)C2=O)CC1. The Bertz CT molecular complexity index is 1620. The molecule has 0 radical (unpaired) electrons. The van der Waals surface area contributed by atoms with Crippen LogP contribution in [0.25, 0.3) is 22.5 Å². The van der Waals surface area contributed by atoms with E-state index in [-0.39, 0.29) is 5.91 Å². The first-order valence-corrected chi connectivity index (χ1v) is 15.4. The number of piperidine rings is 1. The zero-order valence-corrected chi connectivity index (χ0v) is 23.7. The van der Waals surface area contributed by atoms with Crippen LogP contribution in [0.4, 0.5) is 5.69 Å². The van der Waals surface area contributed by atoms with Gasteiger partial charge in [-0.3, -0.25) is 4.79 Å². The van der Waals surface area contributed by atoms with Gasteiger partial charge in [0.1, 0.15) is 6.04 Å². The quantitative estimate of drug-likeness (QED) is 0.348. The topological polar surface area (TPSA) is 124 Å². The molecule has 2 N–H and O–H groups in total. The van der Waals surface area contributed by atoms with Crippen LogP contribution in [0.2, 0.25) is 0 Å². The van der Waals surface area contributed by atoms with Gasteiger partial charge in [-0.15, -0.1) is 5.10 Å². The van der Waals surface area contributed by atoms with Gasteiger partial charge < -0.3 is 9.80 Å². The molecule has 0 bridgehead atoms. The van der Waals surface area contributed by atoms with Crippen LogP contribution in [0.5, 0.6) is 0 Å². The molecule has 6 rings (SSSR count). The summed E-state index contributed by atoms with van der Waals surface area (Å²) in [6, 6.07) is 23.0. The van der Waals surface area contributed by atoms with E-state index < -0.39 is 21.3 Å². The number of para-hydroxylation sites is 1. The van der Waals surface area contributed by atoms with Crippen molar-refractivity contribution < 1.29 is 13.2 Å². The fourth-order valence-electron chi connectivity index (χ4n) is 5.76. The lowest BCUT2D eigenvalue weighted by molar-refractivity contribution is -0.120. The second kappa shape index (κ2) is 11.5. The van der Waals surface area contributed by atoms with Crippen molar-refractivity contribution in [1.82, 2.24) is 30.2 Å². The van der Waals surface area contributed by atoms with Crippen molar-refractivity contribution in [2.24, 2.45) is 0 Å². The Balaban J connectivity index is 1.25. The maximum absolute atomic E-state index is 14.0. The van der Waals surface area contributed by atoms with Gasteiger partial charge >= 0.3 is 0 Å². The molecule has 1 unspecified atom stereocenters. The number of nitrogens with zero attached hydrogens (tertiary/aromatic N) is 5. The van der Waals surface area contributed by atoms with Gasteiger partial charge in [0.2, 0.25) is 15.9 Å². The van der Waals surface area contributed by atoms with Gasteiger partial charge in [-0.05, 0) is 84.6 Å². The molecule has 11 heteroatoms. The summed E-state index contributed by atoms with van der Waals surface area (Å²) >= 11 is 0. The zero-order chi connectivity index (χ0) is 28.4. The largest absolute Gasteiger partial charge is 0.306 e. The first-order valence-electron chi connectivity index (χ1n) is 13.9. The number of carbonyl (C=O) groups excluding carboxylic acids is 1. The molecule has 0 spiro atoms. The van der Waals surface area contributed by atoms with Crippen molar-refractivity contribution in [3.8, 4) is 22.5 Å². The predicted octanol–water partition coefficient (Wildman–Crippen LogP) is 3.40. The van der Waals surface area contributed by atoms with Crippen molar-refractivity contribution in [2.45, 2.75) is 43.5 Å². The molecule has 212 valence electrons. The Kier molecular flexibility index (Phi) is 7.65. The number of nitrogens with one attached hydrogen (secondary N) is 2. The van der Waals surface area contributed by atoms with Crippen molar-refractivity contribution in [2.75, 3.05) is 25.0 Å². The second-order valence-corrected chi connectivity index (χ2v) is 12.8. The Morgan fingerprint density at radius 1 is 0.927 bits per heavy atom. The molecule has 4 aromatic rings. The van der Waals surface area contributed by atoms with Gasteiger partial charge in [0.05, 0.1) is 11.8 Å². The first-order chi connectivity index (χ1) is 19.9. The third-order valence-electron chi connectivity index (χ3n) is 8.09. The average Bonchev–Trinajstić information content (AvgIpc) is 3.50. The van der Waals surface area contributed by atoms with Gasteiger partial charge in [-0.25, -0.2) is 18.2 Å². The summed E-state index contributed by atoms with van der Waals surface area (Å²) in [4.78, 5) is 17.8.